The lowest BCUT2D eigenvalue weighted by molar-refractivity contribution is -0.140. The third kappa shape index (κ3) is 8.20. The molecule has 0 aromatic carbocycles. The molecule has 1 amide bonds. The summed E-state index contributed by atoms with van der Waals surface area (Å²) in [6.07, 6.45) is 1.67. The number of nitrogens with two attached hydrogens (primary N) is 1. The molecule has 0 fully saturated rings. The van der Waals surface area contributed by atoms with Crippen molar-refractivity contribution in [3.8, 4) is 0 Å². The van der Waals surface area contributed by atoms with E-state index in [1.807, 2.05) is 6.92 Å². The Morgan fingerprint density at radius 2 is 2.07 bits per heavy atom. The first-order valence-electron chi connectivity index (χ1n) is 4.71. The summed E-state index contributed by atoms with van der Waals surface area (Å²) in [5.74, 6) is -0.593. The van der Waals surface area contributed by atoms with E-state index in [1.165, 1.54) is 7.11 Å². The van der Waals surface area contributed by atoms with E-state index in [-0.39, 0.29) is 30.3 Å². The molecule has 0 bridgehead atoms. The van der Waals surface area contributed by atoms with Crippen molar-refractivity contribution in [3.05, 3.63) is 0 Å². The number of carbonyl (C=O) groups excluding carboxylic acids is 2. The molecule has 0 saturated heterocycles. The number of rotatable bonds is 7. The number of hydrogen-bond donors (Lipinski definition) is 2. The Kier molecular flexibility index (Phi) is 10.8. The second kappa shape index (κ2) is 9.73. The number of hydrogen-bond acceptors (Lipinski definition) is 4. The van der Waals surface area contributed by atoms with Gasteiger partial charge in [-0.25, -0.2) is 0 Å². The number of primary amides is 1. The average Bonchev–Trinajstić information content (AvgIpc) is 2.16. The van der Waals surface area contributed by atoms with Gasteiger partial charge in [-0.3, -0.25) is 9.59 Å². The zero-order chi connectivity index (χ0) is 11.0. The van der Waals surface area contributed by atoms with Crippen LogP contribution in [0.3, 0.4) is 0 Å². The molecule has 0 spiro atoms. The molecule has 0 aromatic heterocycles. The second-order valence-electron chi connectivity index (χ2n) is 3.00. The van der Waals surface area contributed by atoms with Crippen molar-refractivity contribution >= 4 is 24.3 Å². The van der Waals surface area contributed by atoms with Gasteiger partial charge in [0.2, 0.25) is 5.91 Å². The molecule has 0 saturated carbocycles. The lowest BCUT2D eigenvalue weighted by atomic mass is 10.2. The molecule has 0 aromatic rings. The predicted octanol–water partition coefficient (Wildman–Crippen LogP) is 0.215. The molecule has 15 heavy (non-hydrogen) atoms. The van der Waals surface area contributed by atoms with Crippen LogP contribution in [0.15, 0.2) is 0 Å². The molecule has 0 rings (SSSR count). The zero-order valence-electron chi connectivity index (χ0n) is 9.12. The van der Waals surface area contributed by atoms with Gasteiger partial charge in [-0.05, 0) is 19.4 Å². The summed E-state index contributed by atoms with van der Waals surface area (Å²) in [4.78, 5) is 21.5. The van der Waals surface area contributed by atoms with Crippen LogP contribution in [0.4, 0.5) is 0 Å². The fraction of sp³-hybridized carbons (Fsp3) is 0.778. The largest absolute Gasteiger partial charge is 0.469 e. The van der Waals surface area contributed by atoms with E-state index >= 15 is 0 Å². The average molecular weight is 239 g/mol. The van der Waals surface area contributed by atoms with Gasteiger partial charge >= 0.3 is 5.97 Å². The molecule has 0 aliphatic heterocycles. The van der Waals surface area contributed by atoms with E-state index in [1.54, 1.807) is 0 Å². The number of ether oxygens (including phenoxy) is 1. The van der Waals surface area contributed by atoms with E-state index in [9.17, 15) is 9.59 Å². The molecule has 0 unspecified atom stereocenters. The SMILES string of the molecule is CC[C@H](NCCCC(=O)OC)C(N)=O.Cl. The molecule has 6 heteroatoms. The first kappa shape index (κ1) is 16.6. The minimum Gasteiger partial charge on any atom is -0.469 e. The van der Waals surface area contributed by atoms with Crippen molar-refractivity contribution in [2.45, 2.75) is 32.2 Å². The highest BCUT2D eigenvalue weighted by molar-refractivity contribution is 5.85. The Morgan fingerprint density at radius 1 is 1.47 bits per heavy atom. The van der Waals surface area contributed by atoms with Gasteiger partial charge in [0.15, 0.2) is 0 Å². The third-order valence-corrected chi connectivity index (χ3v) is 1.93. The van der Waals surface area contributed by atoms with Crippen LogP contribution in [0.2, 0.25) is 0 Å². The Labute approximate surface area is 96.1 Å². The summed E-state index contributed by atoms with van der Waals surface area (Å²) in [7, 11) is 1.36. The Bertz CT molecular complexity index is 200. The first-order valence-corrected chi connectivity index (χ1v) is 4.71. The third-order valence-electron chi connectivity index (χ3n) is 1.93. The molecular weight excluding hydrogens is 220 g/mol. The Balaban J connectivity index is 0. The molecular formula is C9H19ClN2O3. The monoisotopic (exact) mass is 238 g/mol. The molecule has 0 aliphatic rings. The second-order valence-corrected chi connectivity index (χ2v) is 3.00. The minimum absolute atomic E-state index is 0. The maximum absolute atomic E-state index is 10.8. The van der Waals surface area contributed by atoms with Crippen molar-refractivity contribution in [3.63, 3.8) is 0 Å². The molecule has 1 atom stereocenters. The van der Waals surface area contributed by atoms with Gasteiger partial charge in [0.05, 0.1) is 13.2 Å². The minimum atomic E-state index is -0.356. The zero-order valence-corrected chi connectivity index (χ0v) is 9.93. The number of nitrogens with one attached hydrogen (secondary N) is 1. The van der Waals surface area contributed by atoms with Crippen LogP contribution in [0.1, 0.15) is 26.2 Å². The standard InChI is InChI=1S/C9H18N2O3.ClH/c1-3-7(9(10)13)11-6-4-5-8(12)14-2;/h7,11H,3-6H2,1-2H3,(H2,10,13);1H/t7-;/m0./s1. The van der Waals surface area contributed by atoms with Gasteiger partial charge in [0.25, 0.3) is 0 Å². The summed E-state index contributed by atoms with van der Waals surface area (Å²) >= 11 is 0. The van der Waals surface area contributed by atoms with E-state index in [0.29, 0.717) is 25.8 Å². The van der Waals surface area contributed by atoms with Gasteiger partial charge in [-0.15, -0.1) is 12.4 Å². The maximum atomic E-state index is 10.8. The fourth-order valence-corrected chi connectivity index (χ4v) is 1.06. The molecule has 90 valence electrons. The molecule has 0 aliphatic carbocycles. The summed E-state index contributed by atoms with van der Waals surface area (Å²) in [5.41, 5.74) is 5.12. The predicted molar refractivity (Wildman–Crippen MR) is 59.8 cm³/mol. The van der Waals surface area contributed by atoms with Crippen LogP contribution >= 0.6 is 12.4 Å². The van der Waals surface area contributed by atoms with Gasteiger partial charge in [0.1, 0.15) is 0 Å². The molecule has 3 N–H and O–H groups in total. The van der Waals surface area contributed by atoms with Crippen molar-refractivity contribution in [1.82, 2.24) is 5.32 Å². The summed E-state index contributed by atoms with van der Waals surface area (Å²) in [6.45, 7) is 2.47. The van der Waals surface area contributed by atoms with Crippen LogP contribution < -0.4 is 11.1 Å². The van der Waals surface area contributed by atoms with E-state index in [0.717, 1.165) is 0 Å². The van der Waals surface area contributed by atoms with Gasteiger partial charge in [-0.1, -0.05) is 6.92 Å². The molecule has 5 nitrogen and oxygen atoms in total. The number of carbonyl (C=O) groups is 2. The van der Waals surface area contributed by atoms with E-state index in [2.05, 4.69) is 10.1 Å². The highest BCUT2D eigenvalue weighted by Crippen LogP contribution is 1.93. The highest BCUT2D eigenvalue weighted by Gasteiger charge is 2.11. The van der Waals surface area contributed by atoms with Crippen LogP contribution in [0.25, 0.3) is 0 Å². The number of methoxy groups -OCH3 is 1. The van der Waals surface area contributed by atoms with Crippen LogP contribution in [0.5, 0.6) is 0 Å². The van der Waals surface area contributed by atoms with Crippen molar-refractivity contribution in [2.24, 2.45) is 5.73 Å². The first-order chi connectivity index (χ1) is 6.61. The normalized spacial score (nSPS) is 11.3. The topological polar surface area (TPSA) is 81.4 Å². The smallest absolute Gasteiger partial charge is 0.305 e. The molecule has 0 heterocycles. The Hall–Kier alpha value is -0.810. The maximum Gasteiger partial charge on any atom is 0.305 e. The van der Waals surface area contributed by atoms with Crippen LogP contribution in [-0.2, 0) is 14.3 Å². The number of halogens is 1. The fourth-order valence-electron chi connectivity index (χ4n) is 1.06. The van der Waals surface area contributed by atoms with Crippen molar-refractivity contribution in [2.75, 3.05) is 13.7 Å². The number of esters is 1. The van der Waals surface area contributed by atoms with Gasteiger partial charge in [0, 0.05) is 6.42 Å². The van der Waals surface area contributed by atoms with E-state index < -0.39 is 0 Å². The van der Waals surface area contributed by atoms with Gasteiger partial charge in [-0.2, -0.15) is 0 Å². The lowest BCUT2D eigenvalue weighted by Gasteiger charge is -2.12. The highest BCUT2D eigenvalue weighted by atomic mass is 35.5. The van der Waals surface area contributed by atoms with E-state index in [4.69, 9.17) is 5.73 Å². The van der Waals surface area contributed by atoms with Crippen molar-refractivity contribution in [1.29, 1.82) is 0 Å². The van der Waals surface area contributed by atoms with Crippen LogP contribution in [-0.4, -0.2) is 31.6 Å². The summed E-state index contributed by atoms with van der Waals surface area (Å²) in [5, 5.41) is 2.97. The van der Waals surface area contributed by atoms with Crippen LogP contribution in [0, 0.1) is 0 Å². The summed E-state index contributed by atoms with van der Waals surface area (Å²) in [6, 6.07) is -0.298. The van der Waals surface area contributed by atoms with Crippen molar-refractivity contribution < 1.29 is 14.3 Å². The Morgan fingerprint density at radius 3 is 2.47 bits per heavy atom. The quantitative estimate of drug-likeness (QED) is 0.491. The number of amides is 1. The van der Waals surface area contributed by atoms with Gasteiger partial charge < -0.3 is 15.8 Å². The summed E-state index contributed by atoms with van der Waals surface area (Å²) < 4.78 is 4.47. The lowest BCUT2D eigenvalue weighted by Crippen LogP contribution is -2.41. The molecule has 0 radical (unpaired) electrons.